The Labute approximate surface area is 67.7 Å². The molecule has 56 valence electrons. The lowest BCUT2D eigenvalue weighted by Crippen LogP contribution is -1.81. The van der Waals surface area contributed by atoms with Crippen molar-refractivity contribution >= 4 is 16.5 Å². The van der Waals surface area contributed by atoms with E-state index in [2.05, 4.69) is 16.3 Å². The number of nitrogens with two attached hydrogens (primary N) is 1. The minimum Gasteiger partial charge on any atom is -0.374 e. The molecule has 0 aromatic carbocycles. The van der Waals surface area contributed by atoms with Crippen molar-refractivity contribution in [3.05, 3.63) is 5.01 Å². The molecule has 1 aromatic heterocycles. The monoisotopic (exact) mass is 166 g/mol. The summed E-state index contributed by atoms with van der Waals surface area (Å²) in [4.78, 5) is 0. The van der Waals surface area contributed by atoms with E-state index >= 15 is 0 Å². The summed E-state index contributed by atoms with van der Waals surface area (Å²) in [6.07, 6.45) is 0.922. The van der Waals surface area contributed by atoms with Crippen LogP contribution in [0.4, 0.5) is 5.13 Å². The van der Waals surface area contributed by atoms with E-state index in [9.17, 15) is 0 Å². The van der Waals surface area contributed by atoms with Gasteiger partial charge in [-0.2, -0.15) is 5.26 Å². The van der Waals surface area contributed by atoms with Gasteiger partial charge in [-0.05, 0) is 6.42 Å². The zero-order valence-electron chi connectivity index (χ0n) is 5.69. The molecule has 4 nitrogen and oxygen atoms in total. The lowest BCUT2D eigenvalue weighted by atomic mass is 10.3. The molecular formula is C6H6N4S. The highest BCUT2D eigenvalue weighted by Gasteiger charge is 2.41. The number of aromatic nitrogens is 2. The third-order valence-corrected chi connectivity index (χ3v) is 2.61. The van der Waals surface area contributed by atoms with Gasteiger partial charge in [-0.3, -0.25) is 0 Å². The highest BCUT2D eigenvalue weighted by molar-refractivity contribution is 7.15. The summed E-state index contributed by atoms with van der Waals surface area (Å²) in [7, 11) is 0. The molecule has 0 aliphatic heterocycles. The molecule has 1 aromatic rings. The number of hydrogen-bond donors (Lipinski definition) is 1. The van der Waals surface area contributed by atoms with Crippen LogP contribution in [0.3, 0.4) is 0 Å². The summed E-state index contributed by atoms with van der Waals surface area (Å²) >= 11 is 1.38. The van der Waals surface area contributed by atoms with Gasteiger partial charge >= 0.3 is 0 Å². The van der Waals surface area contributed by atoms with Crippen molar-refractivity contribution in [1.82, 2.24) is 10.2 Å². The zero-order valence-corrected chi connectivity index (χ0v) is 6.51. The van der Waals surface area contributed by atoms with Gasteiger partial charge in [0.1, 0.15) is 5.01 Å². The first-order chi connectivity index (χ1) is 5.31. The van der Waals surface area contributed by atoms with Gasteiger partial charge in [0.2, 0.25) is 5.13 Å². The third-order valence-electron chi connectivity index (χ3n) is 1.73. The van der Waals surface area contributed by atoms with Gasteiger partial charge in [0.25, 0.3) is 0 Å². The summed E-state index contributed by atoms with van der Waals surface area (Å²) in [5.74, 6) is 0.470. The van der Waals surface area contributed by atoms with Crippen molar-refractivity contribution < 1.29 is 0 Å². The largest absolute Gasteiger partial charge is 0.374 e. The molecule has 0 amide bonds. The van der Waals surface area contributed by atoms with Crippen molar-refractivity contribution in [2.24, 2.45) is 5.92 Å². The van der Waals surface area contributed by atoms with Crippen molar-refractivity contribution in [2.45, 2.75) is 12.3 Å². The lowest BCUT2D eigenvalue weighted by Gasteiger charge is -1.81. The fourth-order valence-electron chi connectivity index (χ4n) is 1.01. The van der Waals surface area contributed by atoms with Gasteiger partial charge in [-0.1, -0.05) is 11.3 Å². The maximum absolute atomic E-state index is 8.52. The molecule has 0 radical (unpaired) electrons. The van der Waals surface area contributed by atoms with Crippen LogP contribution in [0.2, 0.25) is 0 Å². The minimum atomic E-state index is 0.155. The Morgan fingerprint density at radius 1 is 1.64 bits per heavy atom. The summed E-state index contributed by atoms with van der Waals surface area (Å²) in [5, 5.41) is 17.5. The summed E-state index contributed by atoms with van der Waals surface area (Å²) < 4.78 is 0. The second-order valence-electron chi connectivity index (χ2n) is 2.56. The molecule has 2 N–H and O–H groups in total. The Morgan fingerprint density at radius 2 is 2.45 bits per heavy atom. The van der Waals surface area contributed by atoms with Crippen LogP contribution in [-0.4, -0.2) is 10.2 Å². The number of nitrogen functional groups attached to an aromatic ring is 1. The van der Waals surface area contributed by atoms with Crippen molar-refractivity contribution in [2.75, 3.05) is 5.73 Å². The van der Waals surface area contributed by atoms with Crippen LogP contribution in [0, 0.1) is 17.2 Å². The predicted molar refractivity (Wildman–Crippen MR) is 40.8 cm³/mol. The Balaban J connectivity index is 2.16. The second-order valence-corrected chi connectivity index (χ2v) is 3.60. The van der Waals surface area contributed by atoms with Gasteiger partial charge in [-0.15, -0.1) is 10.2 Å². The molecule has 1 heterocycles. The molecule has 0 spiro atoms. The number of nitrogens with zero attached hydrogens (tertiary/aromatic N) is 3. The van der Waals surface area contributed by atoms with Crippen LogP contribution in [-0.2, 0) is 0 Å². The molecular weight excluding hydrogens is 160 g/mol. The maximum Gasteiger partial charge on any atom is 0.203 e. The van der Waals surface area contributed by atoms with E-state index < -0.39 is 0 Å². The highest BCUT2D eigenvalue weighted by Crippen LogP contribution is 2.47. The summed E-state index contributed by atoms with van der Waals surface area (Å²) in [6, 6.07) is 2.19. The van der Waals surface area contributed by atoms with Crippen LogP contribution in [0.25, 0.3) is 0 Å². The van der Waals surface area contributed by atoms with Crippen LogP contribution >= 0.6 is 11.3 Å². The van der Waals surface area contributed by atoms with E-state index in [1.54, 1.807) is 0 Å². The van der Waals surface area contributed by atoms with Gasteiger partial charge in [-0.25, -0.2) is 0 Å². The first-order valence-corrected chi connectivity index (χ1v) is 4.11. The van der Waals surface area contributed by atoms with E-state index in [1.165, 1.54) is 11.3 Å². The van der Waals surface area contributed by atoms with Crippen molar-refractivity contribution in [3.8, 4) is 6.07 Å². The van der Waals surface area contributed by atoms with E-state index in [1.807, 2.05) is 0 Å². The van der Waals surface area contributed by atoms with E-state index in [-0.39, 0.29) is 5.92 Å². The average Bonchev–Trinajstić information content (AvgIpc) is 2.68. The van der Waals surface area contributed by atoms with Gasteiger partial charge in [0.15, 0.2) is 0 Å². The Kier molecular flexibility index (Phi) is 1.29. The van der Waals surface area contributed by atoms with E-state index in [0.29, 0.717) is 11.0 Å². The number of anilines is 1. The Morgan fingerprint density at radius 3 is 2.91 bits per heavy atom. The number of hydrogen-bond acceptors (Lipinski definition) is 5. The lowest BCUT2D eigenvalue weighted by molar-refractivity contribution is 0.942. The van der Waals surface area contributed by atoms with E-state index in [4.69, 9.17) is 11.0 Å². The molecule has 2 rings (SSSR count). The second kappa shape index (κ2) is 2.17. The van der Waals surface area contributed by atoms with Crippen LogP contribution in [0.1, 0.15) is 17.3 Å². The molecule has 1 aliphatic rings. The van der Waals surface area contributed by atoms with E-state index in [0.717, 1.165) is 11.4 Å². The maximum atomic E-state index is 8.52. The van der Waals surface area contributed by atoms with Crippen LogP contribution in [0.15, 0.2) is 0 Å². The Bertz CT molecular complexity index is 313. The molecule has 1 aliphatic carbocycles. The first kappa shape index (κ1) is 6.55. The average molecular weight is 166 g/mol. The fraction of sp³-hybridized carbons (Fsp3) is 0.500. The molecule has 1 saturated carbocycles. The standard InChI is InChI=1S/C6H6N4S/c7-2-3-1-4(3)5-9-10-6(8)11-5/h3-4H,1H2,(H2,8,10)/t3-,4+/m1/s1. The Hall–Kier alpha value is -1.15. The quantitative estimate of drug-likeness (QED) is 0.667. The first-order valence-electron chi connectivity index (χ1n) is 3.29. The fourth-order valence-corrected chi connectivity index (χ4v) is 1.80. The SMILES string of the molecule is N#C[C@H]1C[C@@H]1c1nnc(N)s1. The molecule has 2 atom stereocenters. The molecule has 0 bridgehead atoms. The number of rotatable bonds is 1. The van der Waals surface area contributed by atoms with Crippen LogP contribution < -0.4 is 5.73 Å². The molecule has 0 unspecified atom stereocenters. The normalized spacial score (nSPS) is 27.9. The minimum absolute atomic E-state index is 0.155. The molecule has 5 heteroatoms. The summed E-state index contributed by atoms with van der Waals surface area (Å²) in [6.45, 7) is 0. The molecule has 1 fully saturated rings. The number of nitriles is 1. The summed E-state index contributed by atoms with van der Waals surface area (Å²) in [5.41, 5.74) is 5.39. The predicted octanol–water partition coefficient (Wildman–Crippen LogP) is 0.747. The smallest absolute Gasteiger partial charge is 0.203 e. The highest BCUT2D eigenvalue weighted by atomic mass is 32.1. The topological polar surface area (TPSA) is 75.6 Å². The van der Waals surface area contributed by atoms with Gasteiger partial charge in [0, 0.05) is 5.92 Å². The van der Waals surface area contributed by atoms with Crippen LogP contribution in [0.5, 0.6) is 0 Å². The third kappa shape index (κ3) is 1.05. The molecule has 0 saturated heterocycles. The van der Waals surface area contributed by atoms with Gasteiger partial charge < -0.3 is 5.73 Å². The van der Waals surface area contributed by atoms with Gasteiger partial charge in [0.05, 0.1) is 12.0 Å². The van der Waals surface area contributed by atoms with Crippen molar-refractivity contribution in [1.29, 1.82) is 5.26 Å². The zero-order chi connectivity index (χ0) is 7.84. The van der Waals surface area contributed by atoms with Crippen molar-refractivity contribution in [3.63, 3.8) is 0 Å². The molecule has 11 heavy (non-hydrogen) atoms.